The SMILES string of the molecule is CC1(C)C(CN=C(NN)NC2CCCC2)C1(C)C. The molecule has 18 heavy (non-hydrogen) atoms. The smallest absolute Gasteiger partial charge is 0.205 e. The van der Waals surface area contributed by atoms with E-state index in [-0.39, 0.29) is 0 Å². The monoisotopic (exact) mass is 252 g/mol. The molecule has 2 aliphatic rings. The number of hydrazine groups is 1. The Morgan fingerprint density at radius 1 is 1.17 bits per heavy atom. The van der Waals surface area contributed by atoms with Gasteiger partial charge in [-0.1, -0.05) is 40.5 Å². The van der Waals surface area contributed by atoms with Crippen molar-refractivity contribution in [2.45, 2.75) is 59.4 Å². The fourth-order valence-electron chi connectivity index (χ4n) is 3.37. The van der Waals surface area contributed by atoms with Crippen LogP contribution in [0, 0.1) is 16.7 Å². The third-order valence-electron chi connectivity index (χ3n) is 5.58. The first-order valence-corrected chi connectivity index (χ1v) is 7.17. The third kappa shape index (κ3) is 2.35. The summed E-state index contributed by atoms with van der Waals surface area (Å²) >= 11 is 0. The molecule has 2 rings (SSSR count). The van der Waals surface area contributed by atoms with Crippen LogP contribution in [0.2, 0.25) is 0 Å². The van der Waals surface area contributed by atoms with Gasteiger partial charge in [0.05, 0.1) is 0 Å². The Labute approximate surface area is 111 Å². The van der Waals surface area contributed by atoms with Crippen molar-refractivity contribution in [2.24, 2.45) is 27.6 Å². The van der Waals surface area contributed by atoms with Gasteiger partial charge in [0, 0.05) is 12.6 Å². The highest BCUT2D eigenvalue weighted by Crippen LogP contribution is 2.68. The van der Waals surface area contributed by atoms with E-state index < -0.39 is 0 Å². The molecule has 104 valence electrons. The molecule has 0 radical (unpaired) electrons. The molecule has 4 nitrogen and oxygen atoms in total. The summed E-state index contributed by atoms with van der Waals surface area (Å²) in [5, 5.41) is 3.42. The van der Waals surface area contributed by atoms with Crippen LogP contribution in [-0.2, 0) is 0 Å². The van der Waals surface area contributed by atoms with Crippen LogP contribution in [0.25, 0.3) is 0 Å². The molecule has 4 heteroatoms. The molecule has 2 saturated carbocycles. The second-order valence-electron chi connectivity index (χ2n) is 6.96. The second-order valence-corrected chi connectivity index (χ2v) is 6.96. The van der Waals surface area contributed by atoms with Crippen molar-refractivity contribution in [1.82, 2.24) is 10.7 Å². The van der Waals surface area contributed by atoms with Crippen molar-refractivity contribution in [1.29, 1.82) is 0 Å². The molecule has 0 aromatic carbocycles. The van der Waals surface area contributed by atoms with Crippen molar-refractivity contribution in [3.8, 4) is 0 Å². The van der Waals surface area contributed by atoms with Gasteiger partial charge >= 0.3 is 0 Å². The number of hydrogen-bond donors (Lipinski definition) is 3. The lowest BCUT2D eigenvalue weighted by molar-refractivity contribution is 0.457. The minimum absolute atomic E-state index is 0.392. The van der Waals surface area contributed by atoms with E-state index in [2.05, 4.69) is 43.4 Å². The van der Waals surface area contributed by atoms with Crippen LogP contribution >= 0.6 is 0 Å². The van der Waals surface area contributed by atoms with Crippen LogP contribution in [0.5, 0.6) is 0 Å². The summed E-state index contributed by atoms with van der Waals surface area (Å²) in [4.78, 5) is 4.63. The highest BCUT2D eigenvalue weighted by molar-refractivity contribution is 5.79. The predicted molar refractivity (Wildman–Crippen MR) is 76.1 cm³/mol. The van der Waals surface area contributed by atoms with E-state index in [1.54, 1.807) is 0 Å². The normalized spacial score (nSPS) is 27.3. The molecule has 0 aromatic rings. The molecule has 0 bridgehead atoms. The summed E-state index contributed by atoms with van der Waals surface area (Å²) < 4.78 is 0. The number of guanidine groups is 1. The lowest BCUT2D eigenvalue weighted by Gasteiger charge is -2.15. The van der Waals surface area contributed by atoms with Gasteiger partial charge < -0.3 is 5.32 Å². The van der Waals surface area contributed by atoms with Crippen molar-refractivity contribution in [2.75, 3.05) is 6.54 Å². The zero-order valence-corrected chi connectivity index (χ0v) is 12.2. The lowest BCUT2D eigenvalue weighted by Crippen LogP contribution is -2.45. The molecule has 0 saturated heterocycles. The number of nitrogens with zero attached hydrogens (tertiary/aromatic N) is 1. The van der Waals surface area contributed by atoms with Crippen LogP contribution in [-0.4, -0.2) is 18.5 Å². The maximum atomic E-state index is 5.55. The molecule has 0 atom stereocenters. The Hall–Kier alpha value is -0.770. The van der Waals surface area contributed by atoms with Gasteiger partial charge in [-0.25, -0.2) is 5.84 Å². The Bertz CT molecular complexity index is 313. The molecule has 2 fully saturated rings. The van der Waals surface area contributed by atoms with Crippen LogP contribution < -0.4 is 16.6 Å². The first-order valence-electron chi connectivity index (χ1n) is 7.17. The number of rotatable bonds is 3. The lowest BCUT2D eigenvalue weighted by atomic mass is 10.0. The average molecular weight is 252 g/mol. The van der Waals surface area contributed by atoms with Gasteiger partial charge in [-0.15, -0.1) is 0 Å². The number of aliphatic imine (C=N–C) groups is 1. The number of hydrogen-bond acceptors (Lipinski definition) is 2. The third-order valence-corrected chi connectivity index (χ3v) is 5.58. The molecule has 0 aliphatic heterocycles. The maximum Gasteiger partial charge on any atom is 0.205 e. The van der Waals surface area contributed by atoms with Gasteiger partial charge in [-0.3, -0.25) is 10.4 Å². The van der Waals surface area contributed by atoms with E-state index in [0.717, 1.165) is 12.5 Å². The highest BCUT2D eigenvalue weighted by atomic mass is 15.3. The van der Waals surface area contributed by atoms with Crippen molar-refractivity contribution >= 4 is 5.96 Å². The number of nitrogens with two attached hydrogens (primary N) is 1. The van der Waals surface area contributed by atoms with Gasteiger partial charge in [0.15, 0.2) is 0 Å². The summed E-state index contributed by atoms with van der Waals surface area (Å²) in [5.74, 6) is 6.97. The Kier molecular flexibility index (Phi) is 3.58. The van der Waals surface area contributed by atoms with Crippen molar-refractivity contribution < 1.29 is 0 Å². The van der Waals surface area contributed by atoms with Gasteiger partial charge in [0.2, 0.25) is 5.96 Å². The molecule has 0 heterocycles. The van der Waals surface area contributed by atoms with E-state index in [4.69, 9.17) is 5.84 Å². The number of nitrogens with one attached hydrogen (secondary N) is 2. The summed E-state index contributed by atoms with van der Waals surface area (Å²) in [5.41, 5.74) is 3.49. The Morgan fingerprint density at radius 3 is 2.17 bits per heavy atom. The van der Waals surface area contributed by atoms with Gasteiger partial charge in [-0.2, -0.15) is 0 Å². The topological polar surface area (TPSA) is 62.4 Å². The zero-order chi connectivity index (χ0) is 13.4. The van der Waals surface area contributed by atoms with E-state index in [0.29, 0.717) is 22.8 Å². The summed E-state index contributed by atoms with van der Waals surface area (Å²) in [6.07, 6.45) is 5.11. The molecule has 0 amide bonds. The maximum absolute atomic E-state index is 5.55. The molecule has 4 N–H and O–H groups in total. The molecule has 0 unspecified atom stereocenters. The van der Waals surface area contributed by atoms with E-state index in [9.17, 15) is 0 Å². The molecule has 0 spiro atoms. The summed E-state index contributed by atoms with van der Waals surface area (Å²) in [7, 11) is 0. The standard InChI is InChI=1S/C14H28N4/c1-13(2)11(14(13,3)4)9-16-12(18-15)17-10-7-5-6-8-10/h10-11H,5-9,15H2,1-4H3,(H2,16,17,18). The van der Waals surface area contributed by atoms with Crippen LogP contribution in [0.3, 0.4) is 0 Å². The van der Waals surface area contributed by atoms with Gasteiger partial charge in [0.1, 0.15) is 0 Å². The first kappa shape index (κ1) is 13.7. The molecule has 2 aliphatic carbocycles. The fraction of sp³-hybridized carbons (Fsp3) is 0.929. The van der Waals surface area contributed by atoms with E-state index >= 15 is 0 Å². The highest BCUT2D eigenvalue weighted by Gasteiger charge is 2.64. The minimum Gasteiger partial charge on any atom is -0.353 e. The molecular formula is C14H28N4. The fourth-order valence-corrected chi connectivity index (χ4v) is 3.37. The van der Waals surface area contributed by atoms with Crippen LogP contribution in [0.1, 0.15) is 53.4 Å². The van der Waals surface area contributed by atoms with Crippen molar-refractivity contribution in [3.05, 3.63) is 0 Å². The summed E-state index contributed by atoms with van der Waals surface area (Å²) in [6, 6.07) is 0.556. The predicted octanol–water partition coefficient (Wildman–Crippen LogP) is 2.02. The largest absolute Gasteiger partial charge is 0.353 e. The van der Waals surface area contributed by atoms with Gasteiger partial charge in [0.25, 0.3) is 0 Å². The average Bonchev–Trinajstić information content (AvgIpc) is 2.72. The van der Waals surface area contributed by atoms with Gasteiger partial charge in [-0.05, 0) is 29.6 Å². The zero-order valence-electron chi connectivity index (χ0n) is 12.2. The van der Waals surface area contributed by atoms with Crippen molar-refractivity contribution in [3.63, 3.8) is 0 Å². The van der Waals surface area contributed by atoms with E-state index in [1.807, 2.05) is 0 Å². The van der Waals surface area contributed by atoms with Crippen LogP contribution in [0.15, 0.2) is 4.99 Å². The Balaban J connectivity index is 1.87. The molecular weight excluding hydrogens is 224 g/mol. The van der Waals surface area contributed by atoms with Crippen LogP contribution in [0.4, 0.5) is 0 Å². The quantitative estimate of drug-likeness (QED) is 0.312. The second kappa shape index (κ2) is 4.72. The van der Waals surface area contributed by atoms with E-state index in [1.165, 1.54) is 25.7 Å². The Morgan fingerprint density at radius 2 is 1.72 bits per heavy atom. The molecule has 0 aromatic heterocycles. The summed E-state index contributed by atoms with van der Waals surface area (Å²) in [6.45, 7) is 10.2. The minimum atomic E-state index is 0.392. The first-order chi connectivity index (χ1) is 8.39.